The third-order valence-electron chi connectivity index (χ3n) is 3.75. The molecule has 1 fully saturated rings. The zero-order valence-corrected chi connectivity index (χ0v) is 14.4. The first kappa shape index (κ1) is 15.2. The van der Waals surface area contributed by atoms with Crippen molar-refractivity contribution in [3.05, 3.63) is 62.5 Å². The largest absolute Gasteiger partial charge is 0.361 e. The summed E-state index contributed by atoms with van der Waals surface area (Å²) in [6.07, 6.45) is 0. The van der Waals surface area contributed by atoms with Gasteiger partial charge < -0.3 is 10.2 Å². The third kappa shape index (κ3) is 3.07. The lowest BCUT2D eigenvalue weighted by Crippen LogP contribution is -2.46. The minimum absolute atomic E-state index is 0.259. The van der Waals surface area contributed by atoms with E-state index < -0.39 is 0 Å². The van der Waals surface area contributed by atoms with Crippen molar-refractivity contribution in [2.45, 2.75) is 6.04 Å². The Labute approximate surface area is 143 Å². The van der Waals surface area contributed by atoms with E-state index in [1.165, 1.54) is 5.56 Å². The van der Waals surface area contributed by atoms with E-state index in [1.54, 1.807) is 0 Å². The summed E-state index contributed by atoms with van der Waals surface area (Å²) in [5.41, 5.74) is 2.26. The Balaban J connectivity index is 2.01. The molecule has 1 unspecified atom stereocenters. The van der Waals surface area contributed by atoms with Crippen LogP contribution < -0.4 is 10.2 Å². The van der Waals surface area contributed by atoms with E-state index >= 15 is 0 Å². The van der Waals surface area contributed by atoms with Crippen LogP contribution in [0.15, 0.2) is 46.9 Å². The summed E-state index contributed by atoms with van der Waals surface area (Å²) in [6.45, 7) is 2.73. The second kappa shape index (κ2) is 6.57. The van der Waals surface area contributed by atoms with Gasteiger partial charge in [-0.3, -0.25) is 0 Å². The highest BCUT2D eigenvalue weighted by Gasteiger charge is 2.26. The molecule has 1 saturated heterocycles. The number of halogens is 3. The first-order valence-electron chi connectivity index (χ1n) is 6.84. The monoisotopic (exact) mass is 384 g/mol. The normalized spacial score (nSPS) is 18.8. The third-order valence-corrected chi connectivity index (χ3v) is 5.51. The summed E-state index contributed by atoms with van der Waals surface area (Å²) >= 11 is 16.2. The molecule has 2 aromatic carbocycles. The van der Waals surface area contributed by atoms with Gasteiger partial charge in [0.1, 0.15) is 0 Å². The highest BCUT2D eigenvalue weighted by atomic mass is 79.9. The van der Waals surface area contributed by atoms with Crippen LogP contribution in [0.1, 0.15) is 11.6 Å². The van der Waals surface area contributed by atoms with Crippen molar-refractivity contribution in [2.75, 3.05) is 24.5 Å². The summed E-state index contributed by atoms with van der Waals surface area (Å²) in [4.78, 5) is 2.33. The van der Waals surface area contributed by atoms with E-state index in [-0.39, 0.29) is 6.04 Å². The molecule has 0 aliphatic carbocycles. The van der Waals surface area contributed by atoms with Crippen molar-refractivity contribution < 1.29 is 0 Å². The highest BCUT2D eigenvalue weighted by Crippen LogP contribution is 2.40. The molecule has 1 atom stereocenters. The maximum atomic E-state index is 6.46. The van der Waals surface area contributed by atoms with Gasteiger partial charge in [-0.2, -0.15) is 0 Å². The van der Waals surface area contributed by atoms with Gasteiger partial charge in [-0.25, -0.2) is 0 Å². The standard InChI is InChI=1S/C16H15BrCl2N2/c17-12-6-7-13(16(19)15(12)18)21-9-8-20-10-14(21)11-4-2-1-3-5-11/h1-7,14,20H,8-10H2. The van der Waals surface area contributed by atoms with Crippen molar-refractivity contribution in [3.8, 4) is 0 Å². The zero-order chi connectivity index (χ0) is 14.8. The molecular formula is C16H15BrCl2N2. The SMILES string of the molecule is Clc1c(Br)ccc(N2CCNCC2c2ccccc2)c1Cl. The van der Waals surface area contributed by atoms with Gasteiger partial charge in [0.2, 0.25) is 0 Å². The molecular weight excluding hydrogens is 371 g/mol. The predicted molar refractivity (Wildman–Crippen MR) is 93.6 cm³/mol. The van der Waals surface area contributed by atoms with E-state index in [0.29, 0.717) is 10.0 Å². The van der Waals surface area contributed by atoms with E-state index in [9.17, 15) is 0 Å². The Morgan fingerprint density at radius 1 is 1.05 bits per heavy atom. The molecule has 5 heteroatoms. The first-order chi connectivity index (χ1) is 10.2. The molecule has 2 nitrogen and oxygen atoms in total. The molecule has 0 bridgehead atoms. The Kier molecular flexibility index (Phi) is 4.75. The zero-order valence-electron chi connectivity index (χ0n) is 11.3. The lowest BCUT2D eigenvalue weighted by molar-refractivity contribution is 0.490. The Hall–Kier alpha value is -0.740. The number of piperazine rings is 1. The van der Waals surface area contributed by atoms with Gasteiger partial charge >= 0.3 is 0 Å². The number of nitrogens with zero attached hydrogens (tertiary/aromatic N) is 1. The first-order valence-corrected chi connectivity index (χ1v) is 8.39. The molecule has 1 heterocycles. The summed E-state index contributed by atoms with van der Waals surface area (Å²) in [7, 11) is 0. The van der Waals surface area contributed by atoms with Crippen LogP contribution in [0.2, 0.25) is 10.0 Å². The van der Waals surface area contributed by atoms with Crippen LogP contribution >= 0.6 is 39.1 Å². The molecule has 0 spiro atoms. The maximum Gasteiger partial charge on any atom is 0.0837 e. The fourth-order valence-electron chi connectivity index (χ4n) is 2.70. The Bertz CT molecular complexity index is 634. The van der Waals surface area contributed by atoms with Crippen molar-refractivity contribution in [1.82, 2.24) is 5.32 Å². The smallest absolute Gasteiger partial charge is 0.0837 e. The Morgan fingerprint density at radius 2 is 1.81 bits per heavy atom. The van der Waals surface area contributed by atoms with Crippen molar-refractivity contribution in [2.24, 2.45) is 0 Å². The van der Waals surface area contributed by atoms with Crippen LogP contribution in [0.4, 0.5) is 5.69 Å². The molecule has 21 heavy (non-hydrogen) atoms. The predicted octanol–water partition coefficient (Wildman–Crippen LogP) is 4.91. The van der Waals surface area contributed by atoms with Gasteiger partial charge in [-0.1, -0.05) is 53.5 Å². The number of anilines is 1. The average molecular weight is 386 g/mol. The summed E-state index contributed by atoms with van der Waals surface area (Å²) < 4.78 is 0.823. The van der Waals surface area contributed by atoms with Crippen molar-refractivity contribution >= 4 is 44.8 Å². The number of benzene rings is 2. The molecule has 110 valence electrons. The lowest BCUT2D eigenvalue weighted by Gasteiger charge is -2.39. The lowest BCUT2D eigenvalue weighted by atomic mass is 10.0. The van der Waals surface area contributed by atoms with Crippen molar-refractivity contribution in [1.29, 1.82) is 0 Å². The molecule has 0 amide bonds. The van der Waals surface area contributed by atoms with E-state index in [4.69, 9.17) is 23.2 Å². The van der Waals surface area contributed by atoms with Crippen LogP contribution in [-0.4, -0.2) is 19.6 Å². The van der Waals surface area contributed by atoms with Crippen LogP contribution in [-0.2, 0) is 0 Å². The van der Waals surface area contributed by atoms with Gasteiger partial charge in [-0.15, -0.1) is 0 Å². The average Bonchev–Trinajstić information content (AvgIpc) is 2.54. The molecule has 0 radical (unpaired) electrons. The minimum atomic E-state index is 0.259. The van der Waals surface area contributed by atoms with Gasteiger partial charge in [0.05, 0.1) is 21.8 Å². The molecule has 1 aliphatic rings. The molecule has 3 rings (SSSR count). The Morgan fingerprint density at radius 3 is 2.57 bits per heavy atom. The number of rotatable bonds is 2. The summed E-state index contributed by atoms with van der Waals surface area (Å²) in [5, 5.41) is 4.63. The van der Waals surface area contributed by atoms with Crippen molar-refractivity contribution in [3.63, 3.8) is 0 Å². The molecule has 0 aromatic heterocycles. The second-order valence-corrected chi connectivity index (χ2v) is 6.63. The number of nitrogens with one attached hydrogen (secondary N) is 1. The highest BCUT2D eigenvalue weighted by molar-refractivity contribution is 9.10. The second-order valence-electron chi connectivity index (χ2n) is 5.02. The van der Waals surface area contributed by atoms with Gasteiger partial charge in [0, 0.05) is 24.1 Å². The van der Waals surface area contributed by atoms with Gasteiger partial charge in [-0.05, 0) is 33.6 Å². The quantitative estimate of drug-likeness (QED) is 0.739. The van der Waals surface area contributed by atoms with Gasteiger partial charge in [0.15, 0.2) is 0 Å². The molecule has 1 aliphatic heterocycles. The van der Waals surface area contributed by atoms with Crippen LogP contribution in [0.5, 0.6) is 0 Å². The van der Waals surface area contributed by atoms with E-state index in [2.05, 4.69) is 50.4 Å². The topological polar surface area (TPSA) is 15.3 Å². The van der Waals surface area contributed by atoms with E-state index in [1.807, 2.05) is 18.2 Å². The molecule has 0 saturated carbocycles. The molecule has 1 N–H and O–H groups in total. The van der Waals surface area contributed by atoms with E-state index in [0.717, 1.165) is 29.8 Å². The minimum Gasteiger partial charge on any atom is -0.361 e. The summed E-state index contributed by atoms with van der Waals surface area (Å²) in [6, 6.07) is 14.7. The van der Waals surface area contributed by atoms with Crippen LogP contribution in [0.3, 0.4) is 0 Å². The fourth-order valence-corrected chi connectivity index (χ4v) is 3.58. The molecule has 2 aromatic rings. The number of hydrogen-bond acceptors (Lipinski definition) is 2. The number of hydrogen-bond donors (Lipinski definition) is 1. The fraction of sp³-hybridized carbons (Fsp3) is 0.250. The van der Waals surface area contributed by atoms with Gasteiger partial charge in [0.25, 0.3) is 0 Å². The maximum absolute atomic E-state index is 6.46. The summed E-state index contributed by atoms with van der Waals surface area (Å²) in [5.74, 6) is 0. The van der Waals surface area contributed by atoms with Crippen LogP contribution in [0, 0.1) is 0 Å². The van der Waals surface area contributed by atoms with Crippen LogP contribution in [0.25, 0.3) is 0 Å².